The Morgan fingerprint density at radius 2 is 1.56 bits per heavy atom. The van der Waals surface area contributed by atoms with Crippen molar-refractivity contribution in [2.75, 3.05) is 12.8 Å². The molecular weight excluding hydrogens is 390 g/mol. The third kappa shape index (κ3) is 6.75. The largest absolute Gasteiger partial charge is 0.351 e. The van der Waals surface area contributed by atoms with E-state index < -0.39 is 26.0 Å². The highest BCUT2D eigenvalue weighted by Crippen LogP contribution is 2.10. The fourth-order valence-corrected chi connectivity index (χ4v) is 3.54. The van der Waals surface area contributed by atoms with Crippen LogP contribution < -0.4 is 10.5 Å². The van der Waals surface area contributed by atoms with Crippen LogP contribution in [0, 0.1) is 0 Å². The van der Waals surface area contributed by atoms with E-state index in [1.54, 1.807) is 24.3 Å². The lowest BCUT2D eigenvalue weighted by Gasteiger charge is -2.19. The minimum Gasteiger partial charge on any atom is -0.351 e. The lowest BCUT2D eigenvalue weighted by molar-refractivity contribution is -0.121. The summed E-state index contributed by atoms with van der Waals surface area (Å²) in [5.41, 5.74) is 1.43. The van der Waals surface area contributed by atoms with Gasteiger partial charge in [-0.15, -0.1) is 0 Å². The summed E-state index contributed by atoms with van der Waals surface area (Å²) in [5.74, 6) is -0.466. The average Bonchev–Trinajstić information content (AvgIpc) is 2.59. The summed E-state index contributed by atoms with van der Waals surface area (Å²) in [6.07, 6.45) is 1.05. The molecule has 0 saturated carbocycles. The molecule has 10 heteroatoms. The van der Waals surface area contributed by atoms with E-state index >= 15 is 0 Å². The molecule has 0 fully saturated rings. The minimum absolute atomic E-state index is 0.0244. The van der Waals surface area contributed by atoms with Crippen LogP contribution >= 0.6 is 0 Å². The first-order valence-electron chi connectivity index (χ1n) is 7.93. The van der Waals surface area contributed by atoms with Crippen molar-refractivity contribution in [1.82, 2.24) is 9.62 Å². The zero-order valence-electron chi connectivity index (χ0n) is 14.7. The predicted molar refractivity (Wildman–Crippen MR) is 101 cm³/mol. The highest BCUT2D eigenvalue weighted by molar-refractivity contribution is 7.89. The van der Waals surface area contributed by atoms with Crippen LogP contribution in [0.5, 0.6) is 0 Å². The first-order valence-corrected chi connectivity index (χ1v) is 11.3. The number of rotatable bonds is 8. The molecule has 146 valence electrons. The molecule has 0 saturated heterocycles. The maximum absolute atomic E-state index is 12.2. The van der Waals surface area contributed by atoms with Crippen molar-refractivity contribution in [2.45, 2.75) is 18.0 Å². The summed E-state index contributed by atoms with van der Waals surface area (Å²) >= 11 is 0. The van der Waals surface area contributed by atoms with Crippen LogP contribution in [0.3, 0.4) is 0 Å². The predicted octanol–water partition coefficient (Wildman–Crippen LogP) is 0.412. The summed E-state index contributed by atoms with van der Waals surface area (Å²) < 4.78 is 47.4. The third-order valence-corrected chi connectivity index (χ3v) is 5.86. The number of nitrogens with two attached hydrogens (primary N) is 1. The quantitative estimate of drug-likeness (QED) is 0.651. The van der Waals surface area contributed by atoms with E-state index in [2.05, 4.69) is 5.32 Å². The number of amides is 1. The van der Waals surface area contributed by atoms with E-state index in [0.29, 0.717) is 5.56 Å². The van der Waals surface area contributed by atoms with Crippen molar-refractivity contribution in [3.05, 3.63) is 65.7 Å². The molecule has 0 aliphatic carbocycles. The van der Waals surface area contributed by atoms with E-state index in [-0.39, 0.29) is 24.5 Å². The molecule has 0 aliphatic rings. The standard InChI is InChI=1S/C17H21N3O5S2/c1-26(22,23)20(12-15-5-3-2-4-6-15)13-17(21)19-11-14-7-9-16(10-8-14)27(18,24)25/h2-10H,11-13H2,1H3,(H,19,21)(H2,18,24,25). The molecule has 1 amide bonds. The average molecular weight is 412 g/mol. The Kier molecular flexibility index (Phi) is 6.71. The minimum atomic E-state index is -3.77. The van der Waals surface area contributed by atoms with E-state index in [4.69, 9.17) is 5.14 Å². The van der Waals surface area contributed by atoms with Crippen LogP contribution in [-0.4, -0.2) is 39.8 Å². The van der Waals surface area contributed by atoms with Gasteiger partial charge < -0.3 is 5.32 Å². The van der Waals surface area contributed by atoms with E-state index in [9.17, 15) is 21.6 Å². The van der Waals surface area contributed by atoms with Gasteiger partial charge >= 0.3 is 0 Å². The van der Waals surface area contributed by atoms with Gasteiger partial charge in [0.15, 0.2) is 0 Å². The number of benzene rings is 2. The number of nitrogens with zero attached hydrogens (tertiary/aromatic N) is 1. The molecule has 0 aromatic heterocycles. The third-order valence-electron chi connectivity index (χ3n) is 3.73. The zero-order valence-corrected chi connectivity index (χ0v) is 16.3. The monoisotopic (exact) mass is 411 g/mol. The first kappa shape index (κ1) is 21.0. The van der Waals surface area contributed by atoms with Gasteiger partial charge in [0.25, 0.3) is 0 Å². The number of nitrogens with one attached hydrogen (secondary N) is 1. The van der Waals surface area contributed by atoms with E-state index in [1.165, 1.54) is 24.3 Å². The number of sulfonamides is 2. The maximum Gasteiger partial charge on any atom is 0.238 e. The highest BCUT2D eigenvalue weighted by atomic mass is 32.2. The zero-order chi connectivity index (χ0) is 20.1. The van der Waals surface area contributed by atoms with Crippen molar-refractivity contribution in [3.63, 3.8) is 0 Å². The normalized spacial score (nSPS) is 12.1. The molecule has 0 spiro atoms. The summed E-state index contributed by atoms with van der Waals surface area (Å²) in [5, 5.41) is 7.65. The van der Waals surface area contributed by atoms with Gasteiger partial charge in [-0.3, -0.25) is 4.79 Å². The molecule has 0 atom stereocenters. The van der Waals surface area contributed by atoms with E-state index in [1.807, 2.05) is 6.07 Å². The lowest BCUT2D eigenvalue weighted by atomic mass is 10.2. The van der Waals surface area contributed by atoms with Gasteiger partial charge in [-0.25, -0.2) is 22.0 Å². The molecule has 0 bridgehead atoms. The van der Waals surface area contributed by atoms with Gasteiger partial charge in [0, 0.05) is 13.1 Å². The Morgan fingerprint density at radius 1 is 0.963 bits per heavy atom. The van der Waals surface area contributed by atoms with Crippen molar-refractivity contribution in [1.29, 1.82) is 0 Å². The number of primary sulfonamides is 1. The Bertz CT molecular complexity index is 989. The Labute approximate surface area is 159 Å². The van der Waals surface area contributed by atoms with Gasteiger partial charge in [-0.1, -0.05) is 42.5 Å². The first-order chi connectivity index (χ1) is 12.6. The van der Waals surface area contributed by atoms with Gasteiger partial charge in [0.2, 0.25) is 26.0 Å². The van der Waals surface area contributed by atoms with Gasteiger partial charge in [-0.05, 0) is 23.3 Å². The molecule has 2 aromatic carbocycles. The molecule has 2 rings (SSSR count). The van der Waals surface area contributed by atoms with Crippen LogP contribution in [0.1, 0.15) is 11.1 Å². The van der Waals surface area contributed by atoms with Crippen molar-refractivity contribution >= 4 is 26.0 Å². The summed E-state index contributed by atoms with van der Waals surface area (Å²) in [7, 11) is -7.34. The molecule has 8 nitrogen and oxygen atoms in total. The Hall–Kier alpha value is -2.27. The molecule has 0 aliphatic heterocycles. The second kappa shape index (κ2) is 8.61. The number of hydrogen-bond acceptors (Lipinski definition) is 5. The molecule has 27 heavy (non-hydrogen) atoms. The molecule has 3 N–H and O–H groups in total. The SMILES string of the molecule is CS(=O)(=O)N(CC(=O)NCc1ccc(S(N)(=O)=O)cc1)Cc1ccccc1. The highest BCUT2D eigenvalue weighted by Gasteiger charge is 2.20. The Morgan fingerprint density at radius 3 is 2.07 bits per heavy atom. The van der Waals surface area contributed by atoms with Gasteiger partial charge in [0.1, 0.15) is 0 Å². The van der Waals surface area contributed by atoms with Crippen LogP contribution in [-0.2, 0) is 37.9 Å². The van der Waals surface area contributed by atoms with Crippen LogP contribution in [0.4, 0.5) is 0 Å². The van der Waals surface area contributed by atoms with Crippen molar-refractivity contribution in [2.24, 2.45) is 5.14 Å². The van der Waals surface area contributed by atoms with Crippen LogP contribution in [0.25, 0.3) is 0 Å². The van der Waals surface area contributed by atoms with Gasteiger partial charge in [0.05, 0.1) is 17.7 Å². The summed E-state index contributed by atoms with van der Waals surface area (Å²) in [6.45, 7) is -0.0915. The number of carbonyl (C=O) groups excluding carboxylic acids is 1. The number of carbonyl (C=O) groups is 1. The maximum atomic E-state index is 12.2. The van der Waals surface area contributed by atoms with Crippen molar-refractivity contribution in [3.8, 4) is 0 Å². The van der Waals surface area contributed by atoms with Crippen LogP contribution in [0.15, 0.2) is 59.5 Å². The smallest absolute Gasteiger partial charge is 0.238 e. The second-order valence-electron chi connectivity index (χ2n) is 5.98. The van der Waals surface area contributed by atoms with Crippen molar-refractivity contribution < 1.29 is 21.6 Å². The Balaban J connectivity index is 1.97. The second-order valence-corrected chi connectivity index (χ2v) is 9.53. The summed E-state index contributed by atoms with van der Waals surface area (Å²) in [6, 6.07) is 14.7. The fourth-order valence-electron chi connectivity index (χ4n) is 2.29. The molecule has 0 heterocycles. The van der Waals surface area contributed by atoms with E-state index in [0.717, 1.165) is 16.1 Å². The fraction of sp³-hybridized carbons (Fsp3) is 0.235. The summed E-state index contributed by atoms with van der Waals surface area (Å²) in [4.78, 5) is 12.1. The molecule has 0 radical (unpaired) electrons. The number of hydrogen-bond donors (Lipinski definition) is 2. The lowest BCUT2D eigenvalue weighted by Crippen LogP contribution is -2.39. The molecular formula is C17H21N3O5S2. The van der Waals surface area contributed by atoms with Gasteiger partial charge in [-0.2, -0.15) is 4.31 Å². The topological polar surface area (TPSA) is 127 Å². The molecule has 0 unspecified atom stereocenters. The molecule has 2 aromatic rings. The van der Waals surface area contributed by atoms with Crippen LogP contribution in [0.2, 0.25) is 0 Å².